The lowest BCUT2D eigenvalue weighted by atomic mass is 10.2. The molecule has 0 aliphatic heterocycles. The van der Waals surface area contributed by atoms with Crippen LogP contribution in [0.4, 0.5) is 4.39 Å². The number of hydrogen-bond donors (Lipinski definition) is 0. The Bertz CT molecular complexity index is 922. The molecule has 0 N–H and O–H groups in total. The fraction of sp³-hybridized carbons (Fsp3) is 0.200. The number of amides is 1. The van der Waals surface area contributed by atoms with Crippen molar-refractivity contribution >= 4 is 17.2 Å². The Morgan fingerprint density at radius 2 is 1.88 bits per heavy atom. The summed E-state index contributed by atoms with van der Waals surface area (Å²) < 4.78 is 18.5. The molecule has 1 heterocycles. The van der Waals surface area contributed by atoms with Gasteiger partial charge in [0.25, 0.3) is 5.91 Å². The van der Waals surface area contributed by atoms with Crippen molar-refractivity contribution in [3.8, 4) is 16.3 Å². The number of hydrogen-bond acceptors (Lipinski definition) is 4. The van der Waals surface area contributed by atoms with E-state index >= 15 is 0 Å². The van der Waals surface area contributed by atoms with Crippen LogP contribution in [0.3, 0.4) is 0 Å². The van der Waals surface area contributed by atoms with E-state index < -0.39 is 0 Å². The summed E-state index contributed by atoms with van der Waals surface area (Å²) in [6.45, 7) is 2.25. The lowest BCUT2D eigenvalue weighted by molar-refractivity contribution is 0.0788. The zero-order valence-corrected chi connectivity index (χ0v) is 15.6. The minimum Gasteiger partial charge on any atom is -0.496 e. The van der Waals surface area contributed by atoms with Gasteiger partial charge in [-0.3, -0.25) is 4.79 Å². The molecule has 0 saturated carbocycles. The number of aryl methyl sites for hydroxylation is 1. The smallest absolute Gasteiger partial charge is 0.265 e. The highest BCUT2D eigenvalue weighted by molar-refractivity contribution is 7.17. The molecule has 26 heavy (non-hydrogen) atoms. The Morgan fingerprint density at radius 1 is 1.19 bits per heavy atom. The van der Waals surface area contributed by atoms with E-state index in [2.05, 4.69) is 4.98 Å². The van der Waals surface area contributed by atoms with E-state index in [1.165, 1.54) is 23.5 Å². The number of aromatic nitrogens is 1. The fourth-order valence-electron chi connectivity index (χ4n) is 2.65. The summed E-state index contributed by atoms with van der Waals surface area (Å²) in [4.78, 5) is 19.6. The first-order chi connectivity index (χ1) is 12.5. The molecule has 0 unspecified atom stereocenters. The second kappa shape index (κ2) is 7.66. The van der Waals surface area contributed by atoms with Crippen LogP contribution >= 0.6 is 11.3 Å². The molecule has 0 bridgehead atoms. The minimum atomic E-state index is -0.296. The quantitative estimate of drug-likeness (QED) is 0.662. The number of nitrogens with zero attached hydrogens (tertiary/aromatic N) is 2. The van der Waals surface area contributed by atoms with E-state index in [0.717, 1.165) is 16.9 Å². The van der Waals surface area contributed by atoms with E-state index in [1.807, 2.05) is 31.2 Å². The third-order valence-corrected chi connectivity index (χ3v) is 5.22. The molecule has 0 aliphatic rings. The highest BCUT2D eigenvalue weighted by Crippen LogP contribution is 2.29. The molecule has 0 spiro atoms. The second-order valence-electron chi connectivity index (χ2n) is 5.91. The predicted octanol–water partition coefficient (Wildman–Crippen LogP) is 4.54. The molecule has 1 aromatic heterocycles. The van der Waals surface area contributed by atoms with Crippen LogP contribution in [0, 0.1) is 12.7 Å². The van der Waals surface area contributed by atoms with Crippen LogP contribution in [0.5, 0.6) is 5.75 Å². The summed E-state index contributed by atoms with van der Waals surface area (Å²) in [5, 5.41) is 0.705. The van der Waals surface area contributed by atoms with E-state index in [9.17, 15) is 9.18 Å². The van der Waals surface area contributed by atoms with Crippen molar-refractivity contribution in [1.82, 2.24) is 9.88 Å². The number of para-hydroxylation sites is 1. The van der Waals surface area contributed by atoms with Crippen LogP contribution in [0.1, 0.15) is 20.9 Å². The van der Waals surface area contributed by atoms with Gasteiger partial charge in [0.2, 0.25) is 0 Å². The van der Waals surface area contributed by atoms with Crippen LogP contribution in [0.2, 0.25) is 0 Å². The molecule has 0 atom stereocenters. The van der Waals surface area contributed by atoms with Crippen LogP contribution in [-0.4, -0.2) is 29.9 Å². The first kappa shape index (κ1) is 18.1. The maximum atomic E-state index is 13.1. The molecule has 2 aromatic carbocycles. The summed E-state index contributed by atoms with van der Waals surface area (Å²) >= 11 is 1.32. The zero-order valence-electron chi connectivity index (χ0n) is 14.8. The lowest BCUT2D eigenvalue weighted by Gasteiger charge is -2.18. The van der Waals surface area contributed by atoms with Gasteiger partial charge in [-0.15, -0.1) is 11.3 Å². The average Bonchev–Trinajstić information content (AvgIpc) is 3.03. The zero-order chi connectivity index (χ0) is 18.7. The van der Waals surface area contributed by atoms with Crippen LogP contribution < -0.4 is 4.74 Å². The Balaban J connectivity index is 1.82. The monoisotopic (exact) mass is 370 g/mol. The summed E-state index contributed by atoms with van der Waals surface area (Å²) in [6.07, 6.45) is 0. The second-order valence-corrected chi connectivity index (χ2v) is 6.91. The molecule has 0 aliphatic carbocycles. The largest absolute Gasteiger partial charge is 0.496 e. The molecule has 3 rings (SSSR count). The maximum absolute atomic E-state index is 13.1. The van der Waals surface area contributed by atoms with Crippen LogP contribution in [0.15, 0.2) is 48.5 Å². The fourth-order valence-corrected chi connectivity index (χ4v) is 3.71. The third-order valence-electron chi connectivity index (χ3n) is 4.03. The van der Waals surface area contributed by atoms with E-state index in [-0.39, 0.29) is 11.7 Å². The van der Waals surface area contributed by atoms with Gasteiger partial charge in [-0.2, -0.15) is 0 Å². The van der Waals surface area contributed by atoms with Crippen LogP contribution in [0.25, 0.3) is 10.6 Å². The Hall–Kier alpha value is -2.73. The summed E-state index contributed by atoms with van der Waals surface area (Å²) in [7, 11) is 3.37. The van der Waals surface area contributed by atoms with Gasteiger partial charge in [0.1, 0.15) is 21.5 Å². The summed E-state index contributed by atoms with van der Waals surface area (Å²) in [6, 6.07) is 13.7. The number of thiazole rings is 1. The van der Waals surface area contributed by atoms with Crippen molar-refractivity contribution in [2.24, 2.45) is 0 Å². The number of rotatable bonds is 5. The van der Waals surface area contributed by atoms with E-state index in [4.69, 9.17) is 4.74 Å². The lowest BCUT2D eigenvalue weighted by Crippen LogP contribution is -2.26. The highest BCUT2D eigenvalue weighted by Gasteiger charge is 2.20. The van der Waals surface area contributed by atoms with E-state index in [1.54, 1.807) is 31.2 Å². The number of carbonyl (C=O) groups excluding carboxylic acids is 1. The van der Waals surface area contributed by atoms with Crippen molar-refractivity contribution in [2.75, 3.05) is 14.2 Å². The van der Waals surface area contributed by atoms with Crippen LogP contribution in [-0.2, 0) is 6.54 Å². The molecule has 1 amide bonds. The molecule has 6 heteroatoms. The SMILES string of the molecule is COc1ccccc1CN(C)C(=O)c1sc(-c2ccc(F)cc2)nc1C. The predicted molar refractivity (Wildman–Crippen MR) is 101 cm³/mol. The molecular weight excluding hydrogens is 351 g/mol. The molecule has 0 fully saturated rings. The summed E-state index contributed by atoms with van der Waals surface area (Å²) in [5.74, 6) is 0.356. The first-order valence-electron chi connectivity index (χ1n) is 8.10. The van der Waals surface area contributed by atoms with Gasteiger partial charge in [0, 0.05) is 24.7 Å². The Labute approximate surface area is 155 Å². The number of benzene rings is 2. The van der Waals surface area contributed by atoms with Gasteiger partial charge in [0.05, 0.1) is 12.8 Å². The van der Waals surface area contributed by atoms with Gasteiger partial charge >= 0.3 is 0 Å². The Morgan fingerprint density at radius 3 is 2.58 bits per heavy atom. The summed E-state index contributed by atoms with van der Waals surface area (Å²) in [5.41, 5.74) is 2.41. The number of methoxy groups -OCH3 is 1. The molecule has 0 radical (unpaired) electrons. The van der Waals surface area contributed by atoms with Crippen molar-refractivity contribution < 1.29 is 13.9 Å². The molecular formula is C20H19FN2O2S. The first-order valence-corrected chi connectivity index (χ1v) is 8.92. The van der Waals surface area contributed by atoms with Gasteiger partial charge in [-0.25, -0.2) is 9.37 Å². The number of ether oxygens (including phenoxy) is 1. The molecule has 4 nitrogen and oxygen atoms in total. The van der Waals surface area contributed by atoms with Gasteiger partial charge < -0.3 is 9.64 Å². The molecule has 134 valence electrons. The average molecular weight is 370 g/mol. The van der Waals surface area contributed by atoms with Gasteiger partial charge in [0.15, 0.2) is 0 Å². The maximum Gasteiger partial charge on any atom is 0.265 e. The topological polar surface area (TPSA) is 42.4 Å². The Kier molecular flexibility index (Phi) is 5.32. The molecule has 0 saturated heterocycles. The minimum absolute atomic E-state index is 0.0979. The van der Waals surface area contributed by atoms with Gasteiger partial charge in [-0.1, -0.05) is 18.2 Å². The highest BCUT2D eigenvalue weighted by atomic mass is 32.1. The third kappa shape index (κ3) is 3.75. The normalized spacial score (nSPS) is 10.6. The van der Waals surface area contributed by atoms with Crippen molar-refractivity contribution in [3.63, 3.8) is 0 Å². The number of halogens is 1. The number of carbonyl (C=O) groups is 1. The van der Waals surface area contributed by atoms with Gasteiger partial charge in [-0.05, 0) is 37.3 Å². The van der Waals surface area contributed by atoms with Crippen molar-refractivity contribution in [1.29, 1.82) is 0 Å². The standard InChI is InChI=1S/C20H19FN2O2S/c1-13-18(26-19(22-13)14-8-10-16(21)11-9-14)20(24)23(2)12-15-6-4-5-7-17(15)25-3/h4-11H,12H2,1-3H3. The van der Waals surface area contributed by atoms with Crippen molar-refractivity contribution in [3.05, 3.63) is 70.5 Å². The van der Waals surface area contributed by atoms with E-state index in [0.29, 0.717) is 22.1 Å². The van der Waals surface area contributed by atoms with Crippen molar-refractivity contribution in [2.45, 2.75) is 13.5 Å². The molecule has 3 aromatic rings.